The number of hydrogen-bond donors (Lipinski definition) is 2. The van der Waals surface area contributed by atoms with Crippen LogP contribution in [0.2, 0.25) is 0 Å². The molecule has 0 aromatic heterocycles. The summed E-state index contributed by atoms with van der Waals surface area (Å²) in [7, 11) is 1.68. The molecule has 0 aliphatic heterocycles. The van der Waals surface area contributed by atoms with Gasteiger partial charge in [-0.15, -0.1) is 11.8 Å². The monoisotopic (exact) mass is 449 g/mol. The molecule has 0 saturated heterocycles. The summed E-state index contributed by atoms with van der Waals surface area (Å²) in [5.41, 5.74) is 3.97. The molecule has 2 aromatic carbocycles. The zero-order valence-corrected chi connectivity index (χ0v) is 20.2. The number of carbonyl (C=O) groups is 2. The second-order valence-electron chi connectivity index (χ2n) is 7.38. The SMILES string of the molecule is C=C/C(=C\C=C(C)C)NC(=O)c1cc(NCC)ccc1N(C)C(=O)c1cccc(SC)c1. The molecule has 0 aliphatic rings. The summed E-state index contributed by atoms with van der Waals surface area (Å²) in [6, 6.07) is 12.9. The number of thioether (sulfide) groups is 1. The van der Waals surface area contributed by atoms with Gasteiger partial charge in [-0.3, -0.25) is 9.59 Å². The lowest BCUT2D eigenvalue weighted by atomic mass is 10.1. The molecule has 0 bridgehead atoms. The molecule has 0 aliphatic carbocycles. The molecule has 0 saturated carbocycles. The third-order valence-electron chi connectivity index (χ3n) is 4.68. The highest BCUT2D eigenvalue weighted by molar-refractivity contribution is 7.98. The van der Waals surface area contributed by atoms with E-state index < -0.39 is 0 Å². The Balaban J connectivity index is 2.45. The highest BCUT2D eigenvalue weighted by Gasteiger charge is 2.21. The van der Waals surface area contributed by atoms with Gasteiger partial charge in [0.25, 0.3) is 11.8 Å². The smallest absolute Gasteiger partial charge is 0.258 e. The number of nitrogens with zero attached hydrogens (tertiary/aromatic N) is 1. The fourth-order valence-corrected chi connectivity index (χ4v) is 3.46. The van der Waals surface area contributed by atoms with Crippen LogP contribution in [0.1, 0.15) is 41.5 Å². The van der Waals surface area contributed by atoms with E-state index in [9.17, 15) is 9.59 Å². The third kappa shape index (κ3) is 6.62. The van der Waals surface area contributed by atoms with Crippen molar-refractivity contribution in [3.63, 3.8) is 0 Å². The molecule has 0 heterocycles. The quantitative estimate of drug-likeness (QED) is 0.371. The van der Waals surface area contributed by atoms with Crippen LogP contribution in [0.25, 0.3) is 0 Å². The van der Waals surface area contributed by atoms with E-state index in [0.717, 1.165) is 22.7 Å². The van der Waals surface area contributed by atoms with Gasteiger partial charge in [0.1, 0.15) is 0 Å². The van der Waals surface area contributed by atoms with Gasteiger partial charge in [0, 0.05) is 35.4 Å². The lowest BCUT2D eigenvalue weighted by Gasteiger charge is -2.22. The summed E-state index contributed by atoms with van der Waals surface area (Å²) in [5.74, 6) is -0.499. The van der Waals surface area contributed by atoms with Crippen LogP contribution in [-0.4, -0.2) is 31.7 Å². The number of anilines is 2. The van der Waals surface area contributed by atoms with E-state index in [4.69, 9.17) is 0 Å². The van der Waals surface area contributed by atoms with E-state index in [1.807, 2.05) is 57.4 Å². The lowest BCUT2D eigenvalue weighted by Crippen LogP contribution is -2.30. The van der Waals surface area contributed by atoms with Crippen LogP contribution in [0, 0.1) is 0 Å². The molecule has 0 unspecified atom stereocenters. The van der Waals surface area contributed by atoms with Crippen molar-refractivity contribution < 1.29 is 9.59 Å². The number of rotatable bonds is 9. The summed E-state index contributed by atoms with van der Waals surface area (Å²) < 4.78 is 0. The Morgan fingerprint density at radius 2 is 1.88 bits per heavy atom. The maximum absolute atomic E-state index is 13.2. The van der Waals surface area contributed by atoms with Crippen LogP contribution in [-0.2, 0) is 0 Å². The van der Waals surface area contributed by atoms with Crippen molar-refractivity contribution in [3.05, 3.63) is 89.7 Å². The van der Waals surface area contributed by atoms with E-state index >= 15 is 0 Å². The number of hydrogen-bond acceptors (Lipinski definition) is 4. The van der Waals surface area contributed by atoms with Gasteiger partial charge in [0.2, 0.25) is 0 Å². The van der Waals surface area contributed by atoms with Gasteiger partial charge < -0.3 is 15.5 Å². The van der Waals surface area contributed by atoms with Crippen molar-refractivity contribution in [1.82, 2.24) is 5.32 Å². The van der Waals surface area contributed by atoms with Gasteiger partial charge in [-0.25, -0.2) is 0 Å². The highest BCUT2D eigenvalue weighted by atomic mass is 32.2. The van der Waals surface area contributed by atoms with Crippen LogP contribution < -0.4 is 15.5 Å². The van der Waals surface area contributed by atoms with Crippen molar-refractivity contribution >= 4 is 35.0 Å². The standard InChI is InChI=1S/C26H31N3O2S/c1-7-20(13-12-18(3)4)28-25(30)23-17-21(27-8-2)14-15-24(23)29(5)26(31)19-10-9-11-22(16-19)32-6/h7,9-17,27H,1,8H2,2-6H3,(H,28,30)/b20-13+. The van der Waals surface area contributed by atoms with E-state index in [-0.39, 0.29) is 11.8 Å². The normalized spacial score (nSPS) is 10.8. The molecule has 2 amide bonds. The molecule has 32 heavy (non-hydrogen) atoms. The first-order chi connectivity index (χ1) is 15.3. The Hall–Kier alpha value is -3.25. The molecule has 0 radical (unpaired) electrons. The summed E-state index contributed by atoms with van der Waals surface area (Å²) in [4.78, 5) is 28.9. The molecule has 0 spiro atoms. The molecular formula is C26H31N3O2S. The Kier molecular flexibility index (Phi) is 9.35. The lowest BCUT2D eigenvalue weighted by molar-refractivity contribution is 0.0967. The molecule has 6 heteroatoms. The fourth-order valence-electron chi connectivity index (χ4n) is 3.00. The van der Waals surface area contributed by atoms with Gasteiger partial charge in [0.15, 0.2) is 0 Å². The van der Waals surface area contributed by atoms with Crippen LogP contribution in [0.4, 0.5) is 11.4 Å². The molecular weight excluding hydrogens is 418 g/mol. The van der Waals surface area contributed by atoms with Crippen molar-refractivity contribution in [1.29, 1.82) is 0 Å². The molecule has 2 rings (SSSR count). The fraction of sp³-hybridized carbons (Fsp3) is 0.231. The first-order valence-electron chi connectivity index (χ1n) is 10.4. The summed E-state index contributed by atoms with van der Waals surface area (Å²) in [6.07, 6.45) is 7.27. The Morgan fingerprint density at radius 1 is 1.12 bits per heavy atom. The van der Waals surface area contributed by atoms with Gasteiger partial charge in [-0.1, -0.05) is 24.3 Å². The van der Waals surface area contributed by atoms with Gasteiger partial charge in [-0.05, 0) is 75.6 Å². The average molecular weight is 450 g/mol. The molecule has 0 atom stereocenters. The summed E-state index contributed by atoms with van der Waals surface area (Å²) in [6.45, 7) is 10.4. The molecule has 2 N–H and O–H groups in total. The minimum absolute atomic E-state index is 0.185. The first kappa shape index (κ1) is 25.0. The first-order valence-corrected chi connectivity index (χ1v) is 11.6. The Bertz CT molecular complexity index is 1050. The van der Waals surface area contributed by atoms with Crippen molar-refractivity contribution in [2.75, 3.05) is 30.1 Å². The number of allylic oxidation sites excluding steroid dienone is 4. The summed E-state index contributed by atoms with van der Waals surface area (Å²) >= 11 is 1.58. The third-order valence-corrected chi connectivity index (χ3v) is 5.40. The van der Waals surface area contributed by atoms with Crippen LogP contribution in [0.15, 0.2) is 83.4 Å². The number of amides is 2. The summed E-state index contributed by atoms with van der Waals surface area (Å²) in [5, 5.41) is 6.11. The zero-order valence-electron chi connectivity index (χ0n) is 19.4. The van der Waals surface area contributed by atoms with Gasteiger partial charge >= 0.3 is 0 Å². The maximum Gasteiger partial charge on any atom is 0.258 e. The number of carbonyl (C=O) groups excluding carboxylic acids is 2. The van der Waals surface area contributed by atoms with Crippen molar-refractivity contribution in [2.45, 2.75) is 25.7 Å². The minimum Gasteiger partial charge on any atom is -0.385 e. The van der Waals surface area contributed by atoms with Crippen molar-refractivity contribution in [3.8, 4) is 0 Å². The molecule has 2 aromatic rings. The highest BCUT2D eigenvalue weighted by Crippen LogP contribution is 2.26. The van der Waals surface area contributed by atoms with Gasteiger partial charge in [0.05, 0.1) is 11.3 Å². The second-order valence-corrected chi connectivity index (χ2v) is 8.26. The molecule has 0 fully saturated rings. The minimum atomic E-state index is -0.314. The predicted molar refractivity (Wildman–Crippen MR) is 137 cm³/mol. The molecule has 168 valence electrons. The zero-order chi connectivity index (χ0) is 23.7. The Labute approximate surface area is 195 Å². The second kappa shape index (κ2) is 12.0. The van der Waals surface area contributed by atoms with Crippen molar-refractivity contribution in [2.24, 2.45) is 0 Å². The number of benzene rings is 2. The molecule has 5 nitrogen and oxygen atoms in total. The van der Waals surface area contributed by atoms with Crippen LogP contribution >= 0.6 is 11.8 Å². The van der Waals surface area contributed by atoms with E-state index in [0.29, 0.717) is 22.5 Å². The van der Waals surface area contributed by atoms with E-state index in [2.05, 4.69) is 17.2 Å². The average Bonchev–Trinajstić information content (AvgIpc) is 2.80. The van der Waals surface area contributed by atoms with E-state index in [1.54, 1.807) is 49.2 Å². The predicted octanol–water partition coefficient (Wildman–Crippen LogP) is 5.88. The number of nitrogens with one attached hydrogen (secondary N) is 2. The topological polar surface area (TPSA) is 61.4 Å². The Morgan fingerprint density at radius 3 is 2.50 bits per heavy atom. The van der Waals surface area contributed by atoms with E-state index in [1.165, 1.54) is 4.90 Å². The largest absolute Gasteiger partial charge is 0.385 e. The van der Waals surface area contributed by atoms with Crippen LogP contribution in [0.3, 0.4) is 0 Å². The van der Waals surface area contributed by atoms with Gasteiger partial charge in [-0.2, -0.15) is 0 Å². The van der Waals surface area contributed by atoms with Crippen LogP contribution in [0.5, 0.6) is 0 Å². The maximum atomic E-state index is 13.2.